The van der Waals surface area contributed by atoms with Crippen LogP contribution in [0.4, 0.5) is 8.78 Å². The van der Waals surface area contributed by atoms with Gasteiger partial charge in [-0.05, 0) is 18.6 Å². The molecule has 0 bridgehead atoms. The van der Waals surface area contributed by atoms with Crippen LogP contribution in [0.5, 0.6) is 0 Å². The van der Waals surface area contributed by atoms with E-state index in [1.165, 1.54) is 18.2 Å². The molecule has 108 valence electrons. The van der Waals surface area contributed by atoms with Gasteiger partial charge in [0, 0.05) is 23.5 Å². The fourth-order valence-electron chi connectivity index (χ4n) is 2.31. The van der Waals surface area contributed by atoms with E-state index in [0.29, 0.717) is 0 Å². The number of hydrogen-bond acceptors (Lipinski definition) is 4. The van der Waals surface area contributed by atoms with Gasteiger partial charge in [-0.2, -0.15) is 5.10 Å². The lowest BCUT2D eigenvalue weighted by atomic mass is 10.00. The Hall–Kier alpha value is -2.38. The highest BCUT2D eigenvalue weighted by atomic mass is 19.1. The summed E-state index contributed by atoms with van der Waals surface area (Å²) < 4.78 is 29.2. The summed E-state index contributed by atoms with van der Waals surface area (Å²) in [4.78, 5) is 4.03. The normalized spacial score (nSPS) is 12.7. The lowest BCUT2D eigenvalue weighted by Crippen LogP contribution is -2.30. The molecule has 5 nitrogen and oxygen atoms in total. The zero-order valence-electron chi connectivity index (χ0n) is 11.0. The monoisotopic (exact) mass is 289 g/mol. The van der Waals surface area contributed by atoms with Crippen LogP contribution in [0.15, 0.2) is 43.0 Å². The minimum absolute atomic E-state index is 0.0105. The summed E-state index contributed by atoms with van der Waals surface area (Å²) in [6.07, 6.45) is 6.61. The van der Waals surface area contributed by atoms with Gasteiger partial charge in [-0.25, -0.2) is 13.3 Å². The van der Waals surface area contributed by atoms with E-state index < -0.39 is 17.7 Å². The third-order valence-electron chi connectivity index (χ3n) is 3.40. The first-order valence-electron chi connectivity index (χ1n) is 6.37. The number of halogens is 2. The molecule has 0 saturated carbocycles. The fourth-order valence-corrected chi connectivity index (χ4v) is 2.31. The number of benzene rings is 1. The van der Waals surface area contributed by atoms with Crippen molar-refractivity contribution in [2.75, 3.05) is 0 Å². The van der Waals surface area contributed by atoms with E-state index in [1.54, 1.807) is 29.3 Å². The maximum absolute atomic E-state index is 13.8. The van der Waals surface area contributed by atoms with Crippen LogP contribution < -0.4 is 11.3 Å². The number of hydrogen-bond donors (Lipinski definition) is 2. The Morgan fingerprint density at radius 1 is 1.24 bits per heavy atom. The SMILES string of the molecule is NNC(Cc1c(F)cccc1F)c1cnn2ccncc12. The maximum atomic E-state index is 13.8. The van der Waals surface area contributed by atoms with E-state index in [-0.39, 0.29) is 12.0 Å². The van der Waals surface area contributed by atoms with E-state index in [9.17, 15) is 8.78 Å². The Kier molecular flexibility index (Phi) is 3.59. The predicted molar refractivity (Wildman–Crippen MR) is 73.1 cm³/mol. The van der Waals surface area contributed by atoms with Crippen molar-refractivity contribution in [3.05, 3.63) is 65.7 Å². The van der Waals surface area contributed by atoms with Gasteiger partial charge in [0.2, 0.25) is 0 Å². The van der Waals surface area contributed by atoms with Gasteiger partial charge in [0.05, 0.1) is 24.0 Å². The van der Waals surface area contributed by atoms with E-state index >= 15 is 0 Å². The van der Waals surface area contributed by atoms with Crippen LogP contribution in [0, 0.1) is 11.6 Å². The molecule has 7 heteroatoms. The minimum Gasteiger partial charge on any atom is -0.271 e. The molecule has 0 aliphatic carbocycles. The third kappa shape index (κ3) is 2.48. The molecule has 2 aromatic heterocycles. The summed E-state index contributed by atoms with van der Waals surface area (Å²) in [5, 5.41) is 4.17. The third-order valence-corrected chi connectivity index (χ3v) is 3.40. The molecule has 3 N–H and O–H groups in total. The van der Waals surface area contributed by atoms with Crippen LogP contribution in [0.1, 0.15) is 17.2 Å². The van der Waals surface area contributed by atoms with Crippen molar-refractivity contribution in [1.82, 2.24) is 20.0 Å². The second-order valence-corrected chi connectivity index (χ2v) is 4.63. The number of fused-ring (bicyclic) bond motifs is 1. The highest BCUT2D eigenvalue weighted by molar-refractivity contribution is 5.53. The minimum atomic E-state index is -0.593. The average molecular weight is 289 g/mol. The first-order chi connectivity index (χ1) is 10.2. The highest BCUT2D eigenvalue weighted by Crippen LogP contribution is 2.24. The topological polar surface area (TPSA) is 68.2 Å². The van der Waals surface area contributed by atoms with E-state index in [4.69, 9.17) is 5.84 Å². The highest BCUT2D eigenvalue weighted by Gasteiger charge is 2.19. The second kappa shape index (κ2) is 5.55. The number of nitrogens with zero attached hydrogens (tertiary/aromatic N) is 3. The maximum Gasteiger partial charge on any atom is 0.129 e. The smallest absolute Gasteiger partial charge is 0.129 e. The number of aromatic nitrogens is 3. The van der Waals surface area contributed by atoms with Crippen LogP contribution in [-0.4, -0.2) is 14.6 Å². The van der Waals surface area contributed by atoms with Crippen molar-refractivity contribution in [3.63, 3.8) is 0 Å². The fraction of sp³-hybridized carbons (Fsp3) is 0.143. The van der Waals surface area contributed by atoms with Crippen LogP contribution in [0.25, 0.3) is 5.52 Å². The standard InChI is InChI=1S/C14H13F2N5/c15-11-2-1-3-12(16)9(11)6-13(20-17)10-7-19-21-5-4-18-8-14(10)21/h1-5,7-8,13,20H,6,17H2. The van der Waals surface area contributed by atoms with Gasteiger partial charge in [-0.1, -0.05) is 6.07 Å². The van der Waals surface area contributed by atoms with Crippen molar-refractivity contribution in [2.45, 2.75) is 12.5 Å². The van der Waals surface area contributed by atoms with Gasteiger partial charge < -0.3 is 0 Å². The second-order valence-electron chi connectivity index (χ2n) is 4.63. The summed E-state index contributed by atoms with van der Waals surface area (Å²) in [7, 11) is 0. The Morgan fingerprint density at radius 2 is 2.00 bits per heavy atom. The van der Waals surface area contributed by atoms with Gasteiger partial charge in [-0.15, -0.1) is 0 Å². The quantitative estimate of drug-likeness (QED) is 0.567. The summed E-state index contributed by atoms with van der Waals surface area (Å²) >= 11 is 0. The van der Waals surface area contributed by atoms with Gasteiger partial charge in [-0.3, -0.25) is 16.3 Å². The lowest BCUT2D eigenvalue weighted by molar-refractivity contribution is 0.501. The van der Waals surface area contributed by atoms with Crippen molar-refractivity contribution in [1.29, 1.82) is 0 Å². The van der Waals surface area contributed by atoms with Crippen molar-refractivity contribution in [2.24, 2.45) is 5.84 Å². The van der Waals surface area contributed by atoms with Crippen molar-refractivity contribution >= 4 is 5.52 Å². The van der Waals surface area contributed by atoms with Crippen molar-refractivity contribution in [3.8, 4) is 0 Å². The molecule has 1 aromatic carbocycles. The molecule has 1 atom stereocenters. The van der Waals surface area contributed by atoms with Gasteiger partial charge in [0.1, 0.15) is 11.6 Å². The molecule has 1 unspecified atom stereocenters. The molecular weight excluding hydrogens is 276 g/mol. The number of nitrogens with one attached hydrogen (secondary N) is 1. The van der Waals surface area contributed by atoms with E-state index in [0.717, 1.165) is 11.1 Å². The number of nitrogens with two attached hydrogens (primary N) is 1. The van der Waals surface area contributed by atoms with Gasteiger partial charge >= 0.3 is 0 Å². The molecule has 0 spiro atoms. The van der Waals surface area contributed by atoms with Gasteiger partial charge in [0.15, 0.2) is 0 Å². The molecule has 3 rings (SSSR count). The molecule has 0 fully saturated rings. The molecule has 2 heterocycles. The number of rotatable bonds is 4. The average Bonchev–Trinajstić information content (AvgIpc) is 2.91. The largest absolute Gasteiger partial charge is 0.271 e. The van der Waals surface area contributed by atoms with Crippen LogP contribution in [-0.2, 0) is 6.42 Å². The Morgan fingerprint density at radius 3 is 2.71 bits per heavy atom. The first kappa shape index (κ1) is 13.6. The molecule has 0 amide bonds. The van der Waals surface area contributed by atoms with E-state index in [1.807, 2.05) is 0 Å². The Balaban J connectivity index is 1.99. The molecule has 0 aliphatic rings. The number of hydrazine groups is 1. The van der Waals surface area contributed by atoms with Crippen LogP contribution >= 0.6 is 0 Å². The molecule has 0 aliphatic heterocycles. The molecular formula is C14H13F2N5. The molecule has 21 heavy (non-hydrogen) atoms. The Bertz CT molecular complexity index is 751. The van der Waals surface area contributed by atoms with Crippen LogP contribution in [0.2, 0.25) is 0 Å². The summed E-state index contributed by atoms with van der Waals surface area (Å²) in [6, 6.07) is 3.31. The first-order valence-corrected chi connectivity index (χ1v) is 6.37. The molecule has 0 radical (unpaired) electrons. The Labute approximate surface area is 119 Å². The summed E-state index contributed by atoms with van der Waals surface area (Å²) in [5.74, 6) is 4.37. The van der Waals surface area contributed by atoms with Crippen LogP contribution in [0.3, 0.4) is 0 Å². The van der Waals surface area contributed by atoms with E-state index in [2.05, 4.69) is 15.5 Å². The van der Waals surface area contributed by atoms with Crippen molar-refractivity contribution < 1.29 is 8.78 Å². The summed E-state index contributed by atoms with van der Waals surface area (Å²) in [6.45, 7) is 0. The predicted octanol–water partition coefficient (Wildman–Crippen LogP) is 1.75. The van der Waals surface area contributed by atoms with Gasteiger partial charge in [0.25, 0.3) is 0 Å². The zero-order chi connectivity index (χ0) is 14.8. The zero-order valence-corrected chi connectivity index (χ0v) is 11.0. The molecule has 0 saturated heterocycles. The summed E-state index contributed by atoms with van der Waals surface area (Å²) in [5.41, 5.74) is 4.04. The lowest BCUT2D eigenvalue weighted by Gasteiger charge is -2.15. The molecule has 3 aromatic rings.